The summed E-state index contributed by atoms with van der Waals surface area (Å²) in [7, 11) is 0. The molecule has 1 saturated carbocycles. The van der Waals surface area contributed by atoms with E-state index in [1.54, 1.807) is 12.1 Å². The molecule has 2 aromatic carbocycles. The summed E-state index contributed by atoms with van der Waals surface area (Å²) in [5, 5.41) is 0.826. The molecule has 166 valence electrons. The number of hydrogen-bond acceptors (Lipinski definition) is 3. The number of anilines is 3. The largest absolute Gasteiger partial charge is 0.416 e. The maximum Gasteiger partial charge on any atom is 0.416 e. The van der Waals surface area contributed by atoms with Crippen LogP contribution in [0.25, 0.3) is 10.9 Å². The molecule has 1 aromatic heterocycles. The molecule has 2 aliphatic heterocycles. The second-order valence-corrected chi connectivity index (χ2v) is 8.59. The standard InChI is InChI=1S/C24H23F3N4O/c25-24(26,27)17-4-8-19(9-5-17)31(23(28)32)20-10-11-21-16(13-20)3-12-22(29-21)30-14-15-1-6-18(30)7-2-15/h3-5,8-13,15,18H,1-2,6-7,14H2,(H2,28,32). The van der Waals surface area contributed by atoms with Gasteiger partial charge in [-0.3, -0.25) is 4.90 Å². The zero-order valence-corrected chi connectivity index (χ0v) is 17.3. The molecule has 2 bridgehead atoms. The summed E-state index contributed by atoms with van der Waals surface area (Å²) >= 11 is 0. The topological polar surface area (TPSA) is 62.5 Å². The molecule has 3 heterocycles. The predicted octanol–water partition coefficient (Wildman–Crippen LogP) is 5.85. The lowest BCUT2D eigenvalue weighted by Gasteiger charge is -2.46. The van der Waals surface area contributed by atoms with Gasteiger partial charge in [-0.05, 0) is 86.2 Å². The molecule has 0 unspecified atom stereocenters. The number of rotatable bonds is 3. The van der Waals surface area contributed by atoms with E-state index in [1.807, 2.05) is 18.2 Å². The molecule has 0 atom stereocenters. The first kappa shape index (κ1) is 20.6. The number of urea groups is 1. The zero-order valence-electron chi connectivity index (χ0n) is 17.3. The van der Waals surface area contributed by atoms with E-state index in [9.17, 15) is 18.0 Å². The number of nitrogens with two attached hydrogens (primary N) is 1. The van der Waals surface area contributed by atoms with Crippen molar-refractivity contribution in [1.29, 1.82) is 0 Å². The highest BCUT2D eigenvalue weighted by Gasteiger charge is 2.34. The number of nitrogens with zero attached hydrogens (tertiary/aromatic N) is 3. The highest BCUT2D eigenvalue weighted by Crippen LogP contribution is 2.38. The van der Waals surface area contributed by atoms with Crippen LogP contribution < -0.4 is 15.5 Å². The summed E-state index contributed by atoms with van der Waals surface area (Å²) in [6.07, 6.45) is 0.570. The number of piperidine rings is 2. The van der Waals surface area contributed by atoms with Gasteiger partial charge < -0.3 is 10.6 Å². The Balaban J connectivity index is 1.45. The molecule has 5 nitrogen and oxygen atoms in total. The predicted molar refractivity (Wildman–Crippen MR) is 118 cm³/mol. The molecular weight excluding hydrogens is 417 g/mol. The van der Waals surface area contributed by atoms with Crippen LogP contribution in [-0.2, 0) is 6.18 Å². The molecule has 2 saturated heterocycles. The van der Waals surface area contributed by atoms with Crippen molar-refractivity contribution in [3.8, 4) is 0 Å². The molecule has 32 heavy (non-hydrogen) atoms. The van der Waals surface area contributed by atoms with E-state index in [4.69, 9.17) is 10.7 Å². The molecule has 1 aliphatic carbocycles. The summed E-state index contributed by atoms with van der Waals surface area (Å²) in [6.45, 7) is 1.05. The van der Waals surface area contributed by atoms with Gasteiger partial charge in [0.05, 0.1) is 22.5 Å². The van der Waals surface area contributed by atoms with Crippen molar-refractivity contribution in [1.82, 2.24) is 4.98 Å². The lowest BCUT2D eigenvalue weighted by atomic mass is 9.80. The Bertz CT molecular complexity index is 1150. The molecular formula is C24H23F3N4O. The van der Waals surface area contributed by atoms with E-state index in [0.717, 1.165) is 41.3 Å². The Labute approximate surface area is 183 Å². The Kier molecular flexibility index (Phi) is 4.95. The van der Waals surface area contributed by atoms with Crippen LogP contribution in [-0.4, -0.2) is 23.6 Å². The van der Waals surface area contributed by atoms with Crippen molar-refractivity contribution in [3.63, 3.8) is 0 Å². The van der Waals surface area contributed by atoms with E-state index in [2.05, 4.69) is 4.90 Å². The number of halogens is 3. The number of primary amides is 1. The van der Waals surface area contributed by atoms with Crippen molar-refractivity contribution < 1.29 is 18.0 Å². The van der Waals surface area contributed by atoms with Crippen molar-refractivity contribution >= 4 is 34.1 Å². The second kappa shape index (κ2) is 7.69. The van der Waals surface area contributed by atoms with Gasteiger partial charge in [0.1, 0.15) is 5.82 Å². The van der Waals surface area contributed by atoms with E-state index in [1.165, 1.54) is 42.7 Å². The molecule has 6 rings (SSSR count). The summed E-state index contributed by atoms with van der Waals surface area (Å²) in [5.41, 5.74) is 6.31. The number of aromatic nitrogens is 1. The average Bonchev–Trinajstić information content (AvgIpc) is 2.79. The van der Waals surface area contributed by atoms with E-state index in [0.29, 0.717) is 11.7 Å². The second-order valence-electron chi connectivity index (χ2n) is 8.59. The van der Waals surface area contributed by atoms with Crippen molar-refractivity contribution in [2.24, 2.45) is 11.7 Å². The number of amides is 2. The first-order valence-electron chi connectivity index (χ1n) is 10.7. The lowest BCUT2D eigenvalue weighted by Crippen LogP contribution is -2.48. The first-order chi connectivity index (χ1) is 15.3. The molecule has 3 aromatic rings. The van der Waals surface area contributed by atoms with Gasteiger partial charge in [0.15, 0.2) is 0 Å². The van der Waals surface area contributed by atoms with Gasteiger partial charge in [-0.2, -0.15) is 13.2 Å². The van der Waals surface area contributed by atoms with Crippen LogP contribution in [0.2, 0.25) is 0 Å². The third-order valence-corrected chi connectivity index (χ3v) is 6.60. The Morgan fingerprint density at radius 2 is 1.66 bits per heavy atom. The minimum Gasteiger partial charge on any atom is -0.353 e. The SMILES string of the molecule is NC(=O)N(c1ccc(C(F)(F)F)cc1)c1ccc2nc(N3CC4CCC3CC4)ccc2c1. The maximum atomic E-state index is 12.9. The lowest BCUT2D eigenvalue weighted by molar-refractivity contribution is -0.137. The number of fused-ring (bicyclic) bond motifs is 4. The van der Waals surface area contributed by atoms with Crippen LogP contribution in [0.5, 0.6) is 0 Å². The van der Waals surface area contributed by atoms with Crippen LogP contribution in [0.4, 0.5) is 35.2 Å². The summed E-state index contributed by atoms with van der Waals surface area (Å²) in [6, 6.07) is 13.4. The van der Waals surface area contributed by atoms with Crippen LogP contribution in [0.1, 0.15) is 31.2 Å². The van der Waals surface area contributed by atoms with Gasteiger partial charge in [-0.25, -0.2) is 9.78 Å². The van der Waals surface area contributed by atoms with E-state index in [-0.39, 0.29) is 5.69 Å². The van der Waals surface area contributed by atoms with Gasteiger partial charge >= 0.3 is 12.2 Å². The van der Waals surface area contributed by atoms with Gasteiger partial charge in [-0.15, -0.1) is 0 Å². The molecule has 0 radical (unpaired) electrons. The highest BCUT2D eigenvalue weighted by molar-refractivity contribution is 6.00. The normalized spacial score (nSPS) is 20.5. The molecule has 2 amide bonds. The van der Waals surface area contributed by atoms with Crippen molar-refractivity contribution in [3.05, 3.63) is 60.2 Å². The van der Waals surface area contributed by atoms with Crippen LogP contribution in [0, 0.1) is 5.92 Å². The van der Waals surface area contributed by atoms with Gasteiger partial charge in [0, 0.05) is 18.0 Å². The minimum absolute atomic E-state index is 0.263. The van der Waals surface area contributed by atoms with Crippen LogP contribution >= 0.6 is 0 Å². The number of alkyl halides is 3. The third-order valence-electron chi connectivity index (χ3n) is 6.60. The summed E-state index contributed by atoms with van der Waals surface area (Å²) < 4.78 is 38.6. The highest BCUT2D eigenvalue weighted by atomic mass is 19.4. The van der Waals surface area contributed by atoms with E-state index < -0.39 is 17.8 Å². The van der Waals surface area contributed by atoms with Crippen molar-refractivity contribution in [2.45, 2.75) is 37.9 Å². The quantitative estimate of drug-likeness (QED) is 0.556. The number of carbonyl (C=O) groups is 1. The number of benzene rings is 2. The molecule has 2 N–H and O–H groups in total. The van der Waals surface area contributed by atoms with Crippen LogP contribution in [0.3, 0.4) is 0 Å². The number of hydrogen-bond donors (Lipinski definition) is 1. The fourth-order valence-electron chi connectivity index (χ4n) is 4.95. The Morgan fingerprint density at radius 1 is 0.969 bits per heavy atom. The fourth-order valence-corrected chi connectivity index (χ4v) is 4.95. The van der Waals surface area contributed by atoms with E-state index >= 15 is 0 Å². The molecule has 3 fully saturated rings. The molecule has 8 heteroatoms. The van der Waals surface area contributed by atoms with Gasteiger partial charge in [0.2, 0.25) is 0 Å². The Hall–Kier alpha value is -3.29. The minimum atomic E-state index is -4.45. The molecule has 3 aliphatic rings. The van der Waals surface area contributed by atoms with Crippen LogP contribution in [0.15, 0.2) is 54.6 Å². The third kappa shape index (κ3) is 3.74. The first-order valence-corrected chi connectivity index (χ1v) is 10.7. The average molecular weight is 440 g/mol. The number of pyridine rings is 1. The fraction of sp³-hybridized carbons (Fsp3) is 0.333. The smallest absolute Gasteiger partial charge is 0.353 e. The zero-order chi connectivity index (χ0) is 22.5. The summed E-state index contributed by atoms with van der Waals surface area (Å²) in [4.78, 5) is 20.6. The number of carbonyl (C=O) groups excluding carboxylic acids is 1. The molecule has 0 spiro atoms. The Morgan fingerprint density at radius 3 is 2.25 bits per heavy atom. The monoisotopic (exact) mass is 440 g/mol. The van der Waals surface area contributed by atoms with Gasteiger partial charge in [0.25, 0.3) is 0 Å². The maximum absolute atomic E-state index is 12.9. The van der Waals surface area contributed by atoms with Gasteiger partial charge in [-0.1, -0.05) is 0 Å². The van der Waals surface area contributed by atoms with Crippen molar-refractivity contribution in [2.75, 3.05) is 16.3 Å². The summed E-state index contributed by atoms with van der Waals surface area (Å²) in [5.74, 6) is 1.71.